The molecule has 0 amide bonds. The first-order valence-corrected chi connectivity index (χ1v) is 5.77. The first-order valence-electron chi connectivity index (χ1n) is 3.46. The second kappa shape index (κ2) is 3.54. The van der Waals surface area contributed by atoms with E-state index < -0.39 is 20.1 Å². The molecule has 7 nitrogen and oxygen atoms in total. The molecular weight excluding hydrogens is 232 g/mol. The summed E-state index contributed by atoms with van der Waals surface area (Å²) < 4.78 is 22.5. The highest BCUT2D eigenvalue weighted by molar-refractivity contribution is 8.13. The Balaban J connectivity index is 3.34. The van der Waals surface area contributed by atoms with Crippen molar-refractivity contribution in [3.05, 3.63) is 0 Å². The number of nitrogens with zero attached hydrogens (tertiary/aromatic N) is 3. The van der Waals surface area contributed by atoms with Gasteiger partial charge in [-0.25, -0.2) is 8.42 Å². The Morgan fingerprint density at radius 3 is 2.43 bits per heavy atom. The smallest absolute Gasteiger partial charge is 0.298 e. The van der Waals surface area contributed by atoms with Crippen LogP contribution in [-0.2, 0) is 9.05 Å². The van der Waals surface area contributed by atoms with E-state index in [1.807, 2.05) is 0 Å². The van der Waals surface area contributed by atoms with Crippen LogP contribution in [0.25, 0.3) is 0 Å². The molecule has 1 N–H and O–H groups in total. The zero-order chi connectivity index (χ0) is 10.9. The summed E-state index contributed by atoms with van der Waals surface area (Å²) in [6.07, 6.45) is 0. The van der Waals surface area contributed by atoms with Gasteiger partial charge < -0.3 is 5.32 Å². The Kier molecular flexibility index (Phi) is 2.76. The molecule has 0 atom stereocenters. The van der Waals surface area contributed by atoms with E-state index in [1.54, 1.807) is 0 Å². The van der Waals surface area contributed by atoms with Crippen LogP contribution in [0.3, 0.4) is 0 Å². The zero-order valence-electron chi connectivity index (χ0n) is 7.35. The highest BCUT2D eigenvalue weighted by Gasteiger charge is 2.20. The van der Waals surface area contributed by atoms with E-state index in [9.17, 15) is 13.2 Å². The molecule has 1 aromatic rings. The molecule has 0 radical (unpaired) electrons. The molecule has 0 saturated heterocycles. The molecule has 0 aromatic carbocycles. The van der Waals surface area contributed by atoms with Crippen molar-refractivity contribution < 1.29 is 13.2 Å². The molecule has 1 heterocycles. The van der Waals surface area contributed by atoms with Crippen LogP contribution >= 0.6 is 10.7 Å². The molecule has 78 valence electrons. The van der Waals surface area contributed by atoms with Crippen molar-refractivity contribution >= 4 is 31.6 Å². The monoisotopic (exact) mass is 238 g/mol. The molecule has 14 heavy (non-hydrogen) atoms. The van der Waals surface area contributed by atoms with Crippen molar-refractivity contribution in [3.8, 4) is 0 Å². The fraction of sp³-hybridized carbons (Fsp3) is 0.400. The van der Waals surface area contributed by atoms with E-state index in [2.05, 4.69) is 15.4 Å². The molecule has 0 aliphatic carbocycles. The third kappa shape index (κ3) is 2.02. The van der Waals surface area contributed by atoms with E-state index in [0.717, 1.165) is 4.68 Å². The minimum atomic E-state index is -4.01. The normalized spacial score (nSPS) is 11.4. The molecule has 0 aliphatic rings. The van der Waals surface area contributed by atoms with Gasteiger partial charge in [-0.1, -0.05) is 0 Å². The number of nitrogens with one attached hydrogen (secondary N) is 1. The van der Waals surface area contributed by atoms with Crippen LogP contribution in [-0.4, -0.2) is 36.1 Å². The minimum Gasteiger partial charge on any atom is -0.357 e. The van der Waals surface area contributed by atoms with Crippen molar-refractivity contribution in [1.82, 2.24) is 14.8 Å². The number of aromatic nitrogens is 3. The van der Waals surface area contributed by atoms with Gasteiger partial charge in [0.2, 0.25) is 11.9 Å². The SMILES string of the molecule is CNc1nc(S(=O)(=O)Cl)nn1C(C)=O. The van der Waals surface area contributed by atoms with Crippen LogP contribution in [0.4, 0.5) is 5.95 Å². The van der Waals surface area contributed by atoms with Crippen molar-refractivity contribution in [3.63, 3.8) is 0 Å². The molecule has 0 aliphatic heterocycles. The third-order valence-corrected chi connectivity index (χ3v) is 2.35. The summed E-state index contributed by atoms with van der Waals surface area (Å²) in [6, 6.07) is 0. The van der Waals surface area contributed by atoms with Gasteiger partial charge in [0, 0.05) is 24.7 Å². The second-order valence-corrected chi connectivity index (χ2v) is 4.80. The van der Waals surface area contributed by atoms with Gasteiger partial charge >= 0.3 is 0 Å². The fourth-order valence-corrected chi connectivity index (χ4v) is 1.35. The fourth-order valence-electron chi connectivity index (χ4n) is 0.778. The van der Waals surface area contributed by atoms with E-state index in [4.69, 9.17) is 10.7 Å². The third-order valence-electron chi connectivity index (χ3n) is 1.33. The maximum atomic E-state index is 10.9. The number of carbonyl (C=O) groups is 1. The molecular formula is C5H7ClN4O3S. The largest absolute Gasteiger partial charge is 0.357 e. The number of anilines is 1. The topological polar surface area (TPSA) is 93.9 Å². The van der Waals surface area contributed by atoms with Crippen LogP contribution in [0.1, 0.15) is 11.7 Å². The number of carbonyl (C=O) groups excluding carboxylic acids is 1. The van der Waals surface area contributed by atoms with Gasteiger partial charge in [0.1, 0.15) is 0 Å². The highest BCUT2D eigenvalue weighted by atomic mass is 35.7. The van der Waals surface area contributed by atoms with Gasteiger partial charge in [-0.05, 0) is 0 Å². The summed E-state index contributed by atoms with van der Waals surface area (Å²) in [5.74, 6) is -0.440. The molecule has 0 saturated carbocycles. The van der Waals surface area contributed by atoms with E-state index in [-0.39, 0.29) is 5.95 Å². The number of halogens is 1. The quantitative estimate of drug-likeness (QED) is 0.724. The zero-order valence-corrected chi connectivity index (χ0v) is 8.93. The number of rotatable bonds is 2. The summed E-state index contributed by atoms with van der Waals surface area (Å²) in [5, 5.41) is 5.34. The molecule has 1 aromatic heterocycles. The maximum Gasteiger partial charge on any atom is 0.298 e. The summed E-state index contributed by atoms with van der Waals surface area (Å²) >= 11 is 0. The average Bonchev–Trinajstić information content (AvgIpc) is 2.45. The molecule has 1 rings (SSSR count). The predicted octanol–water partition coefficient (Wildman–Crippen LogP) is -0.0926. The standard InChI is InChI=1S/C5H7ClN4O3S/c1-3(11)10-4(7-2)8-5(9-10)14(6,12)13/h1-2H3,(H,7,8,9). The van der Waals surface area contributed by atoms with E-state index in [1.165, 1.54) is 14.0 Å². The van der Waals surface area contributed by atoms with Gasteiger partial charge in [-0.3, -0.25) is 4.79 Å². The molecule has 0 bridgehead atoms. The Bertz CT molecular complexity index is 465. The minimum absolute atomic E-state index is 0.0247. The van der Waals surface area contributed by atoms with Gasteiger partial charge in [-0.2, -0.15) is 9.67 Å². The summed E-state index contributed by atoms with van der Waals surface area (Å²) in [7, 11) is 2.47. The Morgan fingerprint density at radius 1 is 1.57 bits per heavy atom. The molecule has 0 unspecified atom stereocenters. The summed E-state index contributed by atoms with van der Waals surface area (Å²) in [4.78, 5) is 14.5. The molecule has 0 fully saturated rings. The van der Waals surface area contributed by atoms with E-state index >= 15 is 0 Å². The van der Waals surface area contributed by atoms with Gasteiger partial charge in [0.25, 0.3) is 14.2 Å². The summed E-state index contributed by atoms with van der Waals surface area (Å²) in [5.41, 5.74) is 0. The average molecular weight is 239 g/mol. The van der Waals surface area contributed by atoms with Gasteiger partial charge in [0.15, 0.2) is 0 Å². The van der Waals surface area contributed by atoms with Crippen molar-refractivity contribution in [2.24, 2.45) is 0 Å². The highest BCUT2D eigenvalue weighted by Crippen LogP contribution is 2.12. The van der Waals surface area contributed by atoms with E-state index in [0.29, 0.717) is 0 Å². The second-order valence-electron chi connectivity index (χ2n) is 2.34. The first-order chi connectivity index (χ1) is 6.36. The van der Waals surface area contributed by atoms with Crippen LogP contribution in [0.5, 0.6) is 0 Å². The molecule has 0 spiro atoms. The van der Waals surface area contributed by atoms with Crippen LogP contribution in [0.15, 0.2) is 5.16 Å². The van der Waals surface area contributed by atoms with Crippen LogP contribution < -0.4 is 5.32 Å². The van der Waals surface area contributed by atoms with Crippen molar-refractivity contribution in [2.45, 2.75) is 12.1 Å². The predicted molar refractivity (Wildman–Crippen MR) is 48.9 cm³/mol. The van der Waals surface area contributed by atoms with Gasteiger partial charge in [0.05, 0.1) is 0 Å². The Labute approximate surface area is 84.5 Å². The Hall–Kier alpha value is -1.15. The van der Waals surface area contributed by atoms with Crippen LogP contribution in [0.2, 0.25) is 0 Å². The number of hydrogen-bond donors (Lipinski definition) is 1. The lowest BCUT2D eigenvalue weighted by molar-refractivity contribution is 0.0922. The maximum absolute atomic E-state index is 10.9. The Morgan fingerprint density at radius 2 is 2.14 bits per heavy atom. The van der Waals surface area contributed by atoms with Gasteiger partial charge in [-0.15, -0.1) is 5.10 Å². The van der Waals surface area contributed by atoms with Crippen molar-refractivity contribution in [2.75, 3.05) is 12.4 Å². The lowest BCUT2D eigenvalue weighted by Gasteiger charge is -1.96. The number of hydrogen-bond acceptors (Lipinski definition) is 6. The molecule has 9 heteroatoms. The van der Waals surface area contributed by atoms with Crippen LogP contribution in [0, 0.1) is 0 Å². The first kappa shape index (κ1) is 10.9. The summed E-state index contributed by atoms with van der Waals surface area (Å²) in [6.45, 7) is 1.22. The van der Waals surface area contributed by atoms with Crippen molar-refractivity contribution in [1.29, 1.82) is 0 Å². The lowest BCUT2D eigenvalue weighted by Crippen LogP contribution is -2.11. The lowest BCUT2D eigenvalue weighted by atomic mass is 10.7.